The number of anilines is 1. The van der Waals surface area contributed by atoms with E-state index in [1.165, 1.54) is 12.3 Å². The van der Waals surface area contributed by atoms with Gasteiger partial charge in [0.2, 0.25) is 0 Å². The van der Waals surface area contributed by atoms with Crippen LogP contribution in [0.25, 0.3) is 5.70 Å². The highest BCUT2D eigenvalue weighted by molar-refractivity contribution is 6.12. The van der Waals surface area contributed by atoms with Crippen LogP contribution in [-0.2, 0) is 6.54 Å². The molecule has 1 fully saturated rings. The Kier molecular flexibility index (Phi) is 9.02. The molecule has 2 unspecified atom stereocenters. The van der Waals surface area contributed by atoms with E-state index in [2.05, 4.69) is 50.1 Å². The summed E-state index contributed by atoms with van der Waals surface area (Å²) in [5.41, 5.74) is 6.24. The number of amides is 1. The average molecular weight is 513 g/mol. The van der Waals surface area contributed by atoms with E-state index in [1.807, 2.05) is 50.2 Å². The number of aliphatic imine (C=N–C) groups is 1. The number of carbonyl (C=O) groups is 1. The number of hydrogen-bond acceptors (Lipinski definition) is 6. The maximum Gasteiger partial charge on any atom is 0.274 e. The third-order valence-electron chi connectivity index (χ3n) is 6.61. The lowest BCUT2D eigenvalue weighted by atomic mass is 10.0. The lowest BCUT2D eigenvalue weighted by molar-refractivity contribution is 0.102. The number of nitrogens with zero attached hydrogens (tertiary/aromatic N) is 3. The fourth-order valence-corrected chi connectivity index (χ4v) is 4.70. The highest BCUT2D eigenvalue weighted by atomic mass is 16.3. The van der Waals surface area contributed by atoms with E-state index >= 15 is 0 Å². The van der Waals surface area contributed by atoms with Gasteiger partial charge >= 0.3 is 0 Å². The number of likely N-dealkylation sites (tertiary alicyclic amines) is 1. The van der Waals surface area contributed by atoms with Gasteiger partial charge in [-0.1, -0.05) is 30.9 Å². The van der Waals surface area contributed by atoms with Gasteiger partial charge in [0.1, 0.15) is 17.8 Å². The number of carbonyl (C=O) groups excluding carboxylic acids is 1. The number of piperidine rings is 1. The van der Waals surface area contributed by atoms with Crippen molar-refractivity contribution >= 4 is 23.1 Å². The Bertz CT molecular complexity index is 1270. The average Bonchev–Trinajstić information content (AvgIpc) is 3.34. The Morgan fingerprint density at radius 1 is 1.29 bits per heavy atom. The molecule has 8 heteroatoms. The highest BCUT2D eigenvalue weighted by Gasteiger charge is 2.22. The molecule has 2 aliphatic rings. The maximum absolute atomic E-state index is 12.9. The Balaban J connectivity index is 1.38. The second kappa shape index (κ2) is 12.6. The second-order valence-electron chi connectivity index (χ2n) is 9.76. The van der Waals surface area contributed by atoms with E-state index in [4.69, 9.17) is 0 Å². The summed E-state index contributed by atoms with van der Waals surface area (Å²) in [4.78, 5) is 23.9. The molecule has 0 spiro atoms. The third kappa shape index (κ3) is 6.92. The zero-order chi connectivity index (χ0) is 27.1. The summed E-state index contributed by atoms with van der Waals surface area (Å²) in [6.45, 7) is 13.9. The Morgan fingerprint density at radius 2 is 2.08 bits per heavy atom. The Labute approximate surface area is 224 Å². The van der Waals surface area contributed by atoms with Gasteiger partial charge in [0.05, 0.1) is 0 Å². The number of amidine groups is 1. The normalized spacial score (nSPS) is 19.4. The van der Waals surface area contributed by atoms with E-state index in [0.717, 1.165) is 59.7 Å². The number of benzene rings is 1. The van der Waals surface area contributed by atoms with E-state index in [-0.39, 0.29) is 11.9 Å². The van der Waals surface area contributed by atoms with Gasteiger partial charge in [-0.15, -0.1) is 0 Å². The fourth-order valence-electron chi connectivity index (χ4n) is 4.70. The number of aliphatic hydroxyl groups is 1. The second-order valence-corrected chi connectivity index (χ2v) is 9.76. The highest BCUT2D eigenvalue weighted by Crippen LogP contribution is 2.25. The summed E-state index contributed by atoms with van der Waals surface area (Å²) < 4.78 is 0. The molecule has 2 aliphatic heterocycles. The van der Waals surface area contributed by atoms with Crippen molar-refractivity contribution in [1.82, 2.24) is 20.5 Å². The molecule has 1 aromatic carbocycles. The van der Waals surface area contributed by atoms with E-state index < -0.39 is 6.23 Å². The zero-order valence-electron chi connectivity index (χ0n) is 22.1. The molecular weight excluding hydrogens is 476 g/mol. The van der Waals surface area contributed by atoms with Crippen molar-refractivity contribution in [3.63, 3.8) is 0 Å². The third-order valence-corrected chi connectivity index (χ3v) is 6.61. The number of aromatic nitrogens is 1. The van der Waals surface area contributed by atoms with Gasteiger partial charge in [0.25, 0.3) is 5.91 Å². The van der Waals surface area contributed by atoms with Crippen molar-refractivity contribution in [2.75, 3.05) is 18.4 Å². The number of aliphatic hydroxyl groups excluding tert-OH is 1. The molecule has 1 amide bonds. The number of pyridine rings is 1. The van der Waals surface area contributed by atoms with E-state index in [1.54, 1.807) is 6.20 Å². The summed E-state index contributed by atoms with van der Waals surface area (Å²) in [5, 5.41) is 19.3. The topological polar surface area (TPSA) is 102 Å². The van der Waals surface area contributed by atoms with Crippen LogP contribution in [0.2, 0.25) is 0 Å². The van der Waals surface area contributed by atoms with Crippen molar-refractivity contribution in [1.29, 1.82) is 0 Å². The summed E-state index contributed by atoms with van der Waals surface area (Å²) in [7, 11) is 0. The van der Waals surface area contributed by atoms with Gasteiger partial charge in [-0.25, -0.2) is 4.99 Å². The first-order chi connectivity index (χ1) is 18.4. The van der Waals surface area contributed by atoms with Gasteiger partial charge in [-0.3, -0.25) is 20.0 Å². The van der Waals surface area contributed by atoms with Crippen molar-refractivity contribution in [2.45, 2.75) is 45.5 Å². The largest absolute Gasteiger partial charge is 0.375 e. The fraction of sp³-hybridized carbons (Fsp3) is 0.300. The summed E-state index contributed by atoms with van der Waals surface area (Å²) in [6.07, 6.45) is 8.13. The first kappa shape index (κ1) is 27.2. The Morgan fingerprint density at radius 3 is 2.79 bits per heavy atom. The van der Waals surface area contributed by atoms with Crippen molar-refractivity contribution in [3.8, 4) is 0 Å². The molecule has 0 bridgehead atoms. The van der Waals surface area contributed by atoms with Crippen molar-refractivity contribution in [3.05, 3.63) is 102 Å². The molecule has 2 aromatic rings. The van der Waals surface area contributed by atoms with E-state index in [0.29, 0.717) is 17.9 Å². The number of allylic oxidation sites excluding steroid dienone is 1. The SMILES string of the molecule is C=CN=C1NC(c2ccc(NC(=O)c3cc(CN4CCCC(NC(O)C=C)C4)ccn3)cc2)=CC1=C(C)C. The van der Waals surface area contributed by atoms with Gasteiger partial charge in [-0.05, 0) is 80.8 Å². The zero-order valence-corrected chi connectivity index (χ0v) is 22.1. The predicted octanol–water partition coefficient (Wildman–Crippen LogP) is 4.21. The van der Waals surface area contributed by atoms with Crippen LogP contribution in [0.3, 0.4) is 0 Å². The van der Waals surface area contributed by atoms with Crippen LogP contribution in [0, 0.1) is 0 Å². The summed E-state index contributed by atoms with van der Waals surface area (Å²) in [5.74, 6) is 0.529. The molecule has 1 aromatic heterocycles. The smallest absolute Gasteiger partial charge is 0.274 e. The first-order valence-corrected chi connectivity index (χ1v) is 12.9. The lowest BCUT2D eigenvalue weighted by Gasteiger charge is -2.34. The number of rotatable bonds is 9. The van der Waals surface area contributed by atoms with Gasteiger partial charge in [0.15, 0.2) is 0 Å². The molecule has 4 N–H and O–H groups in total. The molecule has 2 atom stereocenters. The maximum atomic E-state index is 12.9. The molecule has 0 aliphatic carbocycles. The van der Waals surface area contributed by atoms with Crippen LogP contribution in [-0.4, -0.2) is 52.1 Å². The van der Waals surface area contributed by atoms with Crippen molar-refractivity contribution < 1.29 is 9.90 Å². The van der Waals surface area contributed by atoms with Gasteiger partial charge in [-0.2, -0.15) is 0 Å². The van der Waals surface area contributed by atoms with Crippen LogP contribution in [0.1, 0.15) is 48.3 Å². The van der Waals surface area contributed by atoms with Crippen LogP contribution >= 0.6 is 0 Å². The van der Waals surface area contributed by atoms with Crippen LogP contribution in [0.15, 0.2) is 90.2 Å². The number of nitrogens with one attached hydrogen (secondary N) is 3. The first-order valence-electron chi connectivity index (χ1n) is 12.9. The minimum absolute atomic E-state index is 0.203. The summed E-state index contributed by atoms with van der Waals surface area (Å²) >= 11 is 0. The monoisotopic (exact) mass is 512 g/mol. The molecule has 8 nitrogen and oxygen atoms in total. The standard InChI is InChI=1S/C30H36N6O2/c1-5-28(37)33-24-8-7-15-36(19-24)18-21-13-14-32-27(16-21)30(38)34-23-11-9-22(10-12-23)26-17-25(20(3)4)29(35-26)31-6-2/h5-6,9-14,16-17,24,28,33,37H,1-2,7-8,15,18-19H2,3-4H3,(H,31,35)(H,34,38). The Hall–Kier alpha value is -3.85. The molecule has 4 rings (SSSR count). The van der Waals surface area contributed by atoms with Gasteiger partial charge < -0.3 is 15.7 Å². The van der Waals surface area contributed by atoms with Gasteiger partial charge in [0, 0.05) is 48.5 Å². The molecule has 0 radical (unpaired) electrons. The minimum atomic E-state index is -0.699. The molecule has 1 saturated heterocycles. The lowest BCUT2D eigenvalue weighted by Crippen LogP contribution is -2.48. The molecular formula is C30H36N6O2. The predicted molar refractivity (Wildman–Crippen MR) is 153 cm³/mol. The molecule has 3 heterocycles. The quantitative estimate of drug-likeness (QED) is 0.297. The number of hydrogen-bond donors (Lipinski definition) is 4. The van der Waals surface area contributed by atoms with Crippen LogP contribution in [0.5, 0.6) is 0 Å². The van der Waals surface area contributed by atoms with E-state index in [9.17, 15) is 9.90 Å². The summed E-state index contributed by atoms with van der Waals surface area (Å²) in [6, 6.07) is 11.7. The molecule has 38 heavy (non-hydrogen) atoms. The van der Waals surface area contributed by atoms with Crippen molar-refractivity contribution in [2.24, 2.45) is 4.99 Å². The molecule has 0 saturated carbocycles. The van der Waals surface area contributed by atoms with Crippen LogP contribution < -0.4 is 16.0 Å². The molecule has 198 valence electrons. The minimum Gasteiger partial charge on any atom is -0.375 e. The van der Waals surface area contributed by atoms with Crippen LogP contribution in [0.4, 0.5) is 5.69 Å².